The van der Waals surface area contributed by atoms with Crippen molar-refractivity contribution in [3.05, 3.63) is 90.0 Å². The van der Waals surface area contributed by atoms with Gasteiger partial charge in [0.25, 0.3) is 0 Å². The number of aryl methyl sites for hydroxylation is 1. The third kappa shape index (κ3) is 10.0. The van der Waals surface area contributed by atoms with Crippen LogP contribution in [0.3, 0.4) is 0 Å². The Morgan fingerprint density at radius 3 is 1.70 bits per heavy atom. The summed E-state index contributed by atoms with van der Waals surface area (Å²) in [6.45, 7) is 11.9. The first-order chi connectivity index (χ1) is 19.4. The van der Waals surface area contributed by atoms with Crippen LogP contribution in [-0.2, 0) is 23.1 Å². The van der Waals surface area contributed by atoms with E-state index in [1.807, 2.05) is 55.7 Å². The molecule has 4 rings (SSSR count). The van der Waals surface area contributed by atoms with Gasteiger partial charge in [-0.05, 0) is 50.4 Å². The first-order valence-electron chi connectivity index (χ1n) is 14.1. The normalized spacial score (nSPS) is 17.8. The maximum atomic E-state index is 12.9. The molecule has 216 valence electrons. The molecule has 0 unspecified atom stereocenters. The highest BCUT2D eigenvalue weighted by molar-refractivity contribution is 7.89. The molecule has 9 nitrogen and oxygen atoms in total. The molecular formula is C30H43N7O2S. The Morgan fingerprint density at radius 1 is 0.700 bits per heavy atom. The van der Waals surface area contributed by atoms with Crippen molar-refractivity contribution >= 4 is 10.0 Å². The second-order valence-corrected chi connectivity index (χ2v) is 12.3. The molecular weight excluding hydrogens is 522 g/mol. The van der Waals surface area contributed by atoms with Gasteiger partial charge in [0.15, 0.2) is 0 Å². The number of aromatic nitrogens is 2. The van der Waals surface area contributed by atoms with Crippen molar-refractivity contribution in [3.63, 3.8) is 0 Å². The van der Waals surface area contributed by atoms with Gasteiger partial charge in [-0.15, -0.1) is 0 Å². The number of likely N-dealkylation sites (N-methyl/N-ethyl adjacent to an activating group) is 1. The van der Waals surface area contributed by atoms with Crippen LogP contribution in [0.2, 0.25) is 0 Å². The van der Waals surface area contributed by atoms with E-state index in [1.54, 1.807) is 12.1 Å². The van der Waals surface area contributed by atoms with Crippen molar-refractivity contribution < 1.29 is 8.42 Å². The molecule has 3 aromatic rings. The quantitative estimate of drug-likeness (QED) is 0.423. The molecule has 0 spiro atoms. The standard InChI is InChI=1S/C30H43N7O2S/c1-27-9-11-30(12-10-27)40(38,39)33-15-16-35-21-23-36(25-28-7-3-5-13-31-28)19-17-34(2)18-20-37(24-22-35)26-29-8-4-6-14-32-29/h3-14,33H,15-26H2,1-2H3. The first kappa shape index (κ1) is 30.2. The summed E-state index contributed by atoms with van der Waals surface area (Å²) in [6, 6.07) is 19.1. The van der Waals surface area contributed by atoms with Crippen LogP contribution in [-0.4, -0.2) is 110 Å². The zero-order chi connectivity index (χ0) is 28.2. The van der Waals surface area contributed by atoms with Gasteiger partial charge in [-0.25, -0.2) is 13.1 Å². The highest BCUT2D eigenvalue weighted by atomic mass is 32.2. The van der Waals surface area contributed by atoms with Crippen molar-refractivity contribution in [2.24, 2.45) is 0 Å². The Hall–Kier alpha value is -2.73. The predicted octanol–water partition coefficient (Wildman–Crippen LogP) is 2.32. The summed E-state index contributed by atoms with van der Waals surface area (Å²) in [6.07, 6.45) is 3.70. The molecule has 40 heavy (non-hydrogen) atoms. The summed E-state index contributed by atoms with van der Waals surface area (Å²) in [5, 5.41) is 0. The molecule has 10 heteroatoms. The highest BCUT2D eigenvalue weighted by Gasteiger charge is 2.18. The summed E-state index contributed by atoms with van der Waals surface area (Å²) < 4.78 is 28.6. The van der Waals surface area contributed by atoms with Crippen molar-refractivity contribution in [2.45, 2.75) is 24.9 Å². The third-order valence-corrected chi connectivity index (χ3v) is 8.81. The first-order valence-corrected chi connectivity index (χ1v) is 15.6. The maximum absolute atomic E-state index is 12.9. The average molecular weight is 566 g/mol. The predicted molar refractivity (Wildman–Crippen MR) is 159 cm³/mol. The summed E-state index contributed by atoms with van der Waals surface area (Å²) in [5.74, 6) is 0. The molecule has 1 aliphatic rings. The van der Waals surface area contributed by atoms with Crippen molar-refractivity contribution in [1.82, 2.24) is 34.3 Å². The smallest absolute Gasteiger partial charge is 0.240 e. The van der Waals surface area contributed by atoms with Crippen LogP contribution in [0.4, 0.5) is 0 Å². The summed E-state index contributed by atoms with van der Waals surface area (Å²) in [4.78, 5) is 19.1. The molecule has 0 atom stereocenters. The lowest BCUT2D eigenvalue weighted by atomic mass is 10.2. The van der Waals surface area contributed by atoms with Crippen LogP contribution >= 0.6 is 0 Å². The number of hydrogen-bond acceptors (Lipinski definition) is 8. The zero-order valence-corrected chi connectivity index (χ0v) is 24.6. The third-order valence-electron chi connectivity index (χ3n) is 7.34. The summed E-state index contributed by atoms with van der Waals surface area (Å²) in [7, 11) is -1.36. The number of pyridine rings is 2. The lowest BCUT2D eigenvalue weighted by Crippen LogP contribution is -2.46. The zero-order valence-electron chi connectivity index (χ0n) is 23.8. The van der Waals surface area contributed by atoms with Gasteiger partial charge in [0.2, 0.25) is 10.0 Å². The topological polar surface area (TPSA) is 84.9 Å². The SMILES string of the molecule is Cc1ccc(S(=O)(=O)NCCN2CCN(Cc3ccccn3)CCN(C)CCN(Cc3ccccn3)CC2)cc1. The fraction of sp³-hybridized carbons (Fsp3) is 0.467. The molecule has 0 aliphatic carbocycles. The van der Waals surface area contributed by atoms with Crippen LogP contribution < -0.4 is 4.72 Å². The average Bonchev–Trinajstić information content (AvgIpc) is 2.96. The largest absolute Gasteiger partial charge is 0.304 e. The maximum Gasteiger partial charge on any atom is 0.240 e. The van der Waals surface area contributed by atoms with Crippen LogP contribution in [0.1, 0.15) is 17.0 Å². The van der Waals surface area contributed by atoms with E-state index in [-0.39, 0.29) is 0 Å². The van der Waals surface area contributed by atoms with Crippen LogP contribution in [0, 0.1) is 6.92 Å². The van der Waals surface area contributed by atoms with Gasteiger partial charge >= 0.3 is 0 Å². The van der Waals surface area contributed by atoms with E-state index in [9.17, 15) is 8.42 Å². The molecule has 1 saturated heterocycles. The van der Waals surface area contributed by atoms with Crippen LogP contribution in [0.15, 0.2) is 78.0 Å². The van der Waals surface area contributed by atoms with E-state index < -0.39 is 10.0 Å². The molecule has 3 heterocycles. The number of sulfonamides is 1. The molecule has 0 bridgehead atoms. The number of benzene rings is 1. The van der Waals surface area contributed by atoms with E-state index in [0.717, 1.165) is 82.4 Å². The van der Waals surface area contributed by atoms with Crippen molar-refractivity contribution in [3.8, 4) is 0 Å². The molecule has 2 aromatic heterocycles. The monoisotopic (exact) mass is 565 g/mol. The van der Waals surface area contributed by atoms with Gasteiger partial charge in [-0.2, -0.15) is 0 Å². The van der Waals surface area contributed by atoms with E-state index in [2.05, 4.69) is 53.5 Å². The minimum atomic E-state index is -3.55. The van der Waals surface area contributed by atoms with Gasteiger partial charge in [0.1, 0.15) is 0 Å². The lowest BCUT2D eigenvalue weighted by Gasteiger charge is -2.33. The second kappa shape index (κ2) is 15.3. The van der Waals surface area contributed by atoms with Gasteiger partial charge in [0.05, 0.1) is 16.3 Å². The molecule has 0 saturated carbocycles. The molecule has 0 radical (unpaired) electrons. The lowest BCUT2D eigenvalue weighted by molar-refractivity contribution is 0.136. The highest BCUT2D eigenvalue weighted by Crippen LogP contribution is 2.10. The number of rotatable bonds is 9. The number of nitrogens with zero attached hydrogens (tertiary/aromatic N) is 6. The van der Waals surface area contributed by atoms with Gasteiger partial charge < -0.3 is 4.90 Å². The van der Waals surface area contributed by atoms with Gasteiger partial charge in [0, 0.05) is 90.9 Å². The molecule has 0 amide bonds. The molecule has 1 N–H and O–H groups in total. The number of nitrogens with one attached hydrogen (secondary N) is 1. The van der Waals surface area contributed by atoms with Crippen molar-refractivity contribution in [1.29, 1.82) is 0 Å². The minimum Gasteiger partial charge on any atom is -0.304 e. The fourth-order valence-corrected chi connectivity index (χ4v) is 5.78. The number of hydrogen-bond donors (Lipinski definition) is 1. The van der Waals surface area contributed by atoms with Gasteiger partial charge in [-0.3, -0.25) is 24.7 Å². The minimum absolute atomic E-state index is 0.305. The molecule has 1 aromatic carbocycles. The fourth-order valence-electron chi connectivity index (χ4n) is 4.76. The summed E-state index contributed by atoms with van der Waals surface area (Å²) in [5.41, 5.74) is 3.17. The van der Waals surface area contributed by atoms with E-state index in [4.69, 9.17) is 0 Å². The Balaban J connectivity index is 1.42. The van der Waals surface area contributed by atoms with Gasteiger partial charge in [-0.1, -0.05) is 29.8 Å². The van der Waals surface area contributed by atoms with Crippen LogP contribution in [0.5, 0.6) is 0 Å². The molecule has 1 fully saturated rings. The Labute approximate surface area is 239 Å². The summed E-state index contributed by atoms with van der Waals surface area (Å²) >= 11 is 0. The van der Waals surface area contributed by atoms with E-state index in [1.165, 1.54) is 0 Å². The van der Waals surface area contributed by atoms with Crippen molar-refractivity contribution in [2.75, 3.05) is 72.5 Å². The van der Waals surface area contributed by atoms with E-state index >= 15 is 0 Å². The Bertz CT molecular complexity index is 1190. The Kier molecular flexibility index (Phi) is 11.6. The molecule has 1 aliphatic heterocycles. The Morgan fingerprint density at radius 2 is 1.20 bits per heavy atom. The van der Waals surface area contributed by atoms with E-state index in [0.29, 0.717) is 18.0 Å². The van der Waals surface area contributed by atoms with Crippen LogP contribution in [0.25, 0.3) is 0 Å². The second-order valence-electron chi connectivity index (χ2n) is 10.6.